The molecule has 0 saturated carbocycles. The molecule has 1 aromatic carbocycles. The minimum Gasteiger partial charge on any atom is -0.444 e. The minimum atomic E-state index is -0.569. The molecule has 0 radical (unpaired) electrons. The standard InChI is InChI=1S/C22H33N3O4/c1-15(2)12-19(26)25-14-17-9-7-6-8-16(17)13-18(25)20(27)23-10-11-24-21(28)29-22(3,4)5/h6-9,15,18H,10-14H2,1-5H3,(H,23,27)(H,24,28). The summed E-state index contributed by atoms with van der Waals surface area (Å²) in [6.07, 6.45) is 0.379. The normalized spacial score (nSPS) is 16.2. The summed E-state index contributed by atoms with van der Waals surface area (Å²) in [5, 5.41) is 5.45. The van der Waals surface area contributed by atoms with Crippen LogP contribution in [-0.2, 0) is 27.3 Å². The Labute approximate surface area is 173 Å². The van der Waals surface area contributed by atoms with Crippen molar-refractivity contribution >= 4 is 17.9 Å². The third-order valence-electron chi connectivity index (χ3n) is 4.55. The van der Waals surface area contributed by atoms with Crippen LogP contribution in [0.1, 0.15) is 52.2 Å². The summed E-state index contributed by atoms with van der Waals surface area (Å²) in [7, 11) is 0. The van der Waals surface area contributed by atoms with E-state index in [1.165, 1.54) is 0 Å². The predicted octanol–water partition coefficient (Wildman–Crippen LogP) is 2.63. The van der Waals surface area contributed by atoms with E-state index >= 15 is 0 Å². The van der Waals surface area contributed by atoms with E-state index in [-0.39, 0.29) is 30.8 Å². The highest BCUT2D eigenvalue weighted by atomic mass is 16.6. The number of alkyl carbamates (subject to hydrolysis) is 1. The molecule has 2 rings (SSSR count). The number of benzene rings is 1. The van der Waals surface area contributed by atoms with E-state index < -0.39 is 17.7 Å². The Hall–Kier alpha value is -2.57. The molecular weight excluding hydrogens is 370 g/mol. The van der Waals surface area contributed by atoms with Crippen molar-refractivity contribution in [1.82, 2.24) is 15.5 Å². The predicted molar refractivity (Wildman–Crippen MR) is 111 cm³/mol. The summed E-state index contributed by atoms with van der Waals surface area (Å²) in [5.74, 6) is 0.00513. The summed E-state index contributed by atoms with van der Waals surface area (Å²) >= 11 is 0. The molecule has 1 heterocycles. The fourth-order valence-electron chi connectivity index (χ4n) is 3.27. The van der Waals surface area contributed by atoms with E-state index in [4.69, 9.17) is 4.74 Å². The van der Waals surface area contributed by atoms with Crippen LogP contribution in [0.5, 0.6) is 0 Å². The zero-order chi connectivity index (χ0) is 21.6. The van der Waals surface area contributed by atoms with Gasteiger partial charge in [-0.1, -0.05) is 38.1 Å². The zero-order valence-corrected chi connectivity index (χ0v) is 18.1. The molecule has 0 saturated heterocycles. The Kier molecular flexibility index (Phi) is 7.65. The van der Waals surface area contributed by atoms with Gasteiger partial charge in [-0.05, 0) is 37.8 Å². The Morgan fingerprint density at radius 3 is 2.34 bits per heavy atom. The molecule has 1 aliphatic heterocycles. The van der Waals surface area contributed by atoms with Gasteiger partial charge in [-0.25, -0.2) is 4.79 Å². The number of hydrogen-bond donors (Lipinski definition) is 2. The maximum atomic E-state index is 12.8. The van der Waals surface area contributed by atoms with Gasteiger partial charge in [0.1, 0.15) is 11.6 Å². The Morgan fingerprint density at radius 2 is 1.72 bits per heavy atom. The van der Waals surface area contributed by atoms with Crippen LogP contribution in [0.4, 0.5) is 4.79 Å². The van der Waals surface area contributed by atoms with Gasteiger partial charge in [0.15, 0.2) is 0 Å². The molecule has 0 aliphatic carbocycles. The Morgan fingerprint density at radius 1 is 1.10 bits per heavy atom. The van der Waals surface area contributed by atoms with Gasteiger partial charge in [-0.3, -0.25) is 9.59 Å². The number of nitrogens with zero attached hydrogens (tertiary/aromatic N) is 1. The zero-order valence-electron chi connectivity index (χ0n) is 18.1. The van der Waals surface area contributed by atoms with Crippen molar-refractivity contribution in [2.45, 2.75) is 65.6 Å². The topological polar surface area (TPSA) is 87.7 Å². The molecule has 160 valence electrons. The molecule has 1 aliphatic rings. The number of amides is 3. The lowest BCUT2D eigenvalue weighted by Gasteiger charge is -2.36. The lowest BCUT2D eigenvalue weighted by molar-refractivity contribution is -0.142. The van der Waals surface area contributed by atoms with Crippen molar-refractivity contribution < 1.29 is 19.1 Å². The number of hydrogen-bond acceptors (Lipinski definition) is 4. The van der Waals surface area contributed by atoms with Crippen molar-refractivity contribution in [2.75, 3.05) is 13.1 Å². The highest BCUT2D eigenvalue weighted by molar-refractivity contribution is 5.88. The molecule has 7 nitrogen and oxygen atoms in total. The van der Waals surface area contributed by atoms with Crippen LogP contribution in [0, 0.1) is 5.92 Å². The Bertz CT molecular complexity index is 740. The highest BCUT2D eigenvalue weighted by Crippen LogP contribution is 2.25. The molecule has 1 aromatic rings. The highest BCUT2D eigenvalue weighted by Gasteiger charge is 2.34. The molecule has 3 amide bonds. The van der Waals surface area contributed by atoms with Crippen LogP contribution in [-0.4, -0.2) is 47.5 Å². The van der Waals surface area contributed by atoms with Gasteiger partial charge in [-0.2, -0.15) is 0 Å². The summed E-state index contributed by atoms with van der Waals surface area (Å²) in [5.41, 5.74) is 1.61. The molecule has 29 heavy (non-hydrogen) atoms. The van der Waals surface area contributed by atoms with E-state index in [1.807, 2.05) is 38.1 Å². The van der Waals surface area contributed by atoms with Gasteiger partial charge in [0, 0.05) is 32.5 Å². The first-order chi connectivity index (χ1) is 13.6. The van der Waals surface area contributed by atoms with Crippen molar-refractivity contribution in [2.24, 2.45) is 5.92 Å². The minimum absolute atomic E-state index is 0.0125. The van der Waals surface area contributed by atoms with Crippen LogP contribution in [0.25, 0.3) is 0 Å². The van der Waals surface area contributed by atoms with Gasteiger partial charge < -0.3 is 20.3 Å². The van der Waals surface area contributed by atoms with Crippen molar-refractivity contribution in [3.63, 3.8) is 0 Å². The van der Waals surface area contributed by atoms with Crippen molar-refractivity contribution in [3.8, 4) is 0 Å². The van der Waals surface area contributed by atoms with E-state index in [1.54, 1.807) is 25.7 Å². The average molecular weight is 404 g/mol. The van der Waals surface area contributed by atoms with Crippen molar-refractivity contribution in [3.05, 3.63) is 35.4 Å². The smallest absolute Gasteiger partial charge is 0.407 e. The van der Waals surface area contributed by atoms with E-state index in [0.29, 0.717) is 19.4 Å². The monoisotopic (exact) mass is 403 g/mol. The average Bonchev–Trinajstić information content (AvgIpc) is 2.62. The first kappa shape index (κ1) is 22.7. The van der Waals surface area contributed by atoms with Crippen LogP contribution >= 0.6 is 0 Å². The van der Waals surface area contributed by atoms with Gasteiger partial charge in [0.2, 0.25) is 11.8 Å². The summed E-state index contributed by atoms with van der Waals surface area (Å²) in [6, 6.07) is 7.36. The van der Waals surface area contributed by atoms with Gasteiger partial charge >= 0.3 is 6.09 Å². The Balaban J connectivity index is 1.96. The summed E-state index contributed by atoms with van der Waals surface area (Å²) < 4.78 is 5.17. The summed E-state index contributed by atoms with van der Waals surface area (Å²) in [4.78, 5) is 39.0. The SMILES string of the molecule is CC(C)CC(=O)N1Cc2ccccc2CC1C(=O)NCCNC(=O)OC(C)(C)C. The molecule has 0 bridgehead atoms. The van der Waals surface area contributed by atoms with Crippen LogP contribution in [0.2, 0.25) is 0 Å². The number of fused-ring (bicyclic) bond motifs is 1. The van der Waals surface area contributed by atoms with Crippen LogP contribution in [0.15, 0.2) is 24.3 Å². The first-order valence-electron chi connectivity index (χ1n) is 10.2. The molecule has 2 N–H and O–H groups in total. The molecule has 0 fully saturated rings. The first-order valence-corrected chi connectivity index (χ1v) is 10.2. The summed E-state index contributed by atoms with van der Waals surface area (Å²) in [6.45, 7) is 10.3. The second-order valence-electron chi connectivity index (χ2n) is 8.83. The third-order valence-corrected chi connectivity index (χ3v) is 4.55. The molecule has 1 atom stereocenters. The molecule has 7 heteroatoms. The fourth-order valence-corrected chi connectivity index (χ4v) is 3.27. The van der Waals surface area contributed by atoms with Crippen LogP contribution in [0.3, 0.4) is 0 Å². The number of rotatable bonds is 6. The molecule has 0 spiro atoms. The van der Waals surface area contributed by atoms with Gasteiger partial charge in [0.05, 0.1) is 0 Å². The van der Waals surface area contributed by atoms with Gasteiger partial charge in [-0.15, -0.1) is 0 Å². The van der Waals surface area contributed by atoms with E-state index in [2.05, 4.69) is 10.6 Å². The lowest BCUT2D eigenvalue weighted by Crippen LogP contribution is -2.53. The fraction of sp³-hybridized carbons (Fsp3) is 0.591. The number of ether oxygens (including phenoxy) is 1. The third kappa shape index (κ3) is 7.07. The number of nitrogens with one attached hydrogen (secondary N) is 2. The quantitative estimate of drug-likeness (QED) is 0.715. The van der Waals surface area contributed by atoms with E-state index in [0.717, 1.165) is 11.1 Å². The second kappa shape index (κ2) is 9.76. The van der Waals surface area contributed by atoms with Gasteiger partial charge in [0.25, 0.3) is 0 Å². The maximum absolute atomic E-state index is 12.8. The molecule has 1 unspecified atom stereocenters. The largest absolute Gasteiger partial charge is 0.444 e. The second-order valence-corrected chi connectivity index (χ2v) is 8.83. The number of carbonyl (C=O) groups excluding carboxylic acids is 3. The van der Waals surface area contributed by atoms with Crippen molar-refractivity contribution in [1.29, 1.82) is 0 Å². The number of carbonyl (C=O) groups is 3. The molecular formula is C22H33N3O4. The molecule has 0 aromatic heterocycles. The lowest BCUT2D eigenvalue weighted by atomic mass is 9.92. The van der Waals surface area contributed by atoms with Crippen LogP contribution < -0.4 is 10.6 Å². The van der Waals surface area contributed by atoms with E-state index in [9.17, 15) is 14.4 Å². The maximum Gasteiger partial charge on any atom is 0.407 e.